The van der Waals surface area contributed by atoms with Crippen LogP contribution in [-0.2, 0) is 6.42 Å². The summed E-state index contributed by atoms with van der Waals surface area (Å²) in [4.78, 5) is 0.506. The SMILES string of the molecule is CC(Br)CC(C)Cc1ccc(F)cc1Cl. The number of rotatable bonds is 4. The van der Waals surface area contributed by atoms with E-state index in [-0.39, 0.29) is 5.82 Å². The van der Waals surface area contributed by atoms with Crippen molar-refractivity contribution in [2.45, 2.75) is 31.5 Å². The Morgan fingerprint density at radius 2 is 2.07 bits per heavy atom. The zero-order chi connectivity index (χ0) is 11.4. The van der Waals surface area contributed by atoms with Crippen molar-refractivity contribution in [3.05, 3.63) is 34.6 Å². The highest BCUT2D eigenvalue weighted by atomic mass is 79.9. The Labute approximate surface area is 104 Å². The van der Waals surface area contributed by atoms with Crippen LogP contribution in [0.15, 0.2) is 18.2 Å². The Hall–Kier alpha value is -0.0800. The predicted molar refractivity (Wildman–Crippen MR) is 67.3 cm³/mol. The van der Waals surface area contributed by atoms with Crippen LogP contribution < -0.4 is 0 Å². The van der Waals surface area contributed by atoms with Gasteiger partial charge in [0, 0.05) is 9.85 Å². The molecule has 0 bridgehead atoms. The first-order valence-electron chi connectivity index (χ1n) is 5.07. The Kier molecular flexibility index (Phi) is 5.07. The van der Waals surface area contributed by atoms with E-state index < -0.39 is 0 Å². The molecule has 2 atom stereocenters. The van der Waals surface area contributed by atoms with E-state index in [1.807, 2.05) is 0 Å². The molecular formula is C12H15BrClF. The predicted octanol–water partition coefficient (Wildman–Crippen LogP) is 4.83. The summed E-state index contributed by atoms with van der Waals surface area (Å²) >= 11 is 9.48. The molecule has 1 rings (SSSR count). The normalized spacial score (nSPS) is 15.0. The third-order valence-corrected chi connectivity index (χ3v) is 3.04. The summed E-state index contributed by atoms with van der Waals surface area (Å²) < 4.78 is 12.8. The lowest BCUT2D eigenvalue weighted by atomic mass is 9.97. The summed E-state index contributed by atoms with van der Waals surface area (Å²) in [5.74, 6) is 0.271. The molecule has 3 heteroatoms. The number of halogens is 3. The Bertz CT molecular complexity index is 325. The van der Waals surface area contributed by atoms with Crippen LogP contribution in [0.1, 0.15) is 25.8 Å². The smallest absolute Gasteiger partial charge is 0.124 e. The minimum Gasteiger partial charge on any atom is -0.207 e. The molecule has 2 unspecified atom stereocenters. The van der Waals surface area contributed by atoms with E-state index in [1.54, 1.807) is 6.07 Å². The van der Waals surface area contributed by atoms with E-state index in [0.29, 0.717) is 15.8 Å². The minimum atomic E-state index is -0.273. The quantitative estimate of drug-likeness (QED) is 0.697. The van der Waals surface area contributed by atoms with Gasteiger partial charge in [0.1, 0.15) is 5.82 Å². The van der Waals surface area contributed by atoms with Crippen LogP contribution in [0.3, 0.4) is 0 Å². The largest absolute Gasteiger partial charge is 0.207 e. The molecule has 0 aliphatic carbocycles. The van der Waals surface area contributed by atoms with Crippen molar-refractivity contribution < 1.29 is 4.39 Å². The summed E-state index contributed by atoms with van der Waals surface area (Å²) in [6.07, 6.45) is 1.99. The lowest BCUT2D eigenvalue weighted by Gasteiger charge is -2.13. The van der Waals surface area contributed by atoms with Gasteiger partial charge >= 0.3 is 0 Å². The lowest BCUT2D eigenvalue weighted by Crippen LogP contribution is -2.05. The van der Waals surface area contributed by atoms with Gasteiger partial charge in [-0.05, 0) is 36.5 Å². The minimum absolute atomic E-state index is 0.273. The fourth-order valence-corrected chi connectivity index (χ4v) is 2.58. The Morgan fingerprint density at radius 3 is 2.60 bits per heavy atom. The topological polar surface area (TPSA) is 0 Å². The molecule has 0 heterocycles. The van der Waals surface area contributed by atoms with Gasteiger partial charge in [0.15, 0.2) is 0 Å². The molecule has 0 nitrogen and oxygen atoms in total. The molecule has 0 N–H and O–H groups in total. The fraction of sp³-hybridized carbons (Fsp3) is 0.500. The van der Waals surface area contributed by atoms with Gasteiger partial charge in [-0.3, -0.25) is 0 Å². The second kappa shape index (κ2) is 5.86. The summed E-state index contributed by atoms with van der Waals surface area (Å²) in [6.45, 7) is 4.31. The van der Waals surface area contributed by atoms with Gasteiger partial charge in [-0.1, -0.05) is 47.4 Å². The van der Waals surface area contributed by atoms with Crippen molar-refractivity contribution in [3.8, 4) is 0 Å². The van der Waals surface area contributed by atoms with Gasteiger partial charge in [-0.25, -0.2) is 4.39 Å². The van der Waals surface area contributed by atoms with Gasteiger partial charge in [-0.15, -0.1) is 0 Å². The maximum Gasteiger partial charge on any atom is 0.124 e. The summed E-state index contributed by atoms with van der Waals surface area (Å²) in [6, 6.07) is 4.61. The highest BCUT2D eigenvalue weighted by Gasteiger charge is 2.09. The third-order valence-electron chi connectivity index (χ3n) is 2.31. The molecule has 0 aliphatic rings. The fourth-order valence-electron chi connectivity index (χ4n) is 1.70. The zero-order valence-electron chi connectivity index (χ0n) is 8.93. The molecule has 0 fully saturated rings. The number of alkyl halides is 1. The van der Waals surface area contributed by atoms with E-state index in [4.69, 9.17) is 11.6 Å². The molecule has 0 saturated carbocycles. The first-order valence-corrected chi connectivity index (χ1v) is 6.36. The lowest BCUT2D eigenvalue weighted by molar-refractivity contribution is 0.532. The molecule has 1 aromatic rings. The molecule has 0 aliphatic heterocycles. The van der Waals surface area contributed by atoms with Crippen LogP contribution in [0, 0.1) is 11.7 Å². The number of benzene rings is 1. The van der Waals surface area contributed by atoms with Gasteiger partial charge in [0.05, 0.1) is 0 Å². The van der Waals surface area contributed by atoms with Crippen LogP contribution in [0.5, 0.6) is 0 Å². The van der Waals surface area contributed by atoms with Crippen LogP contribution >= 0.6 is 27.5 Å². The number of hydrogen-bond acceptors (Lipinski definition) is 0. The van der Waals surface area contributed by atoms with Crippen molar-refractivity contribution in [2.75, 3.05) is 0 Å². The van der Waals surface area contributed by atoms with Crippen LogP contribution in [0.4, 0.5) is 4.39 Å². The Morgan fingerprint density at radius 1 is 1.40 bits per heavy atom. The highest BCUT2D eigenvalue weighted by molar-refractivity contribution is 9.09. The number of hydrogen-bond donors (Lipinski definition) is 0. The molecule has 0 radical (unpaired) electrons. The zero-order valence-corrected chi connectivity index (χ0v) is 11.3. The average molecular weight is 294 g/mol. The van der Waals surface area contributed by atoms with E-state index in [9.17, 15) is 4.39 Å². The molecule has 0 spiro atoms. The molecule has 0 amide bonds. The van der Waals surface area contributed by atoms with E-state index in [1.165, 1.54) is 12.1 Å². The molecule has 15 heavy (non-hydrogen) atoms. The van der Waals surface area contributed by atoms with Gasteiger partial charge in [0.2, 0.25) is 0 Å². The van der Waals surface area contributed by atoms with E-state index in [2.05, 4.69) is 29.8 Å². The van der Waals surface area contributed by atoms with Gasteiger partial charge in [0.25, 0.3) is 0 Å². The molecule has 84 valence electrons. The third kappa shape index (κ3) is 4.52. The molecular weight excluding hydrogens is 278 g/mol. The second-order valence-electron chi connectivity index (χ2n) is 4.06. The summed E-state index contributed by atoms with van der Waals surface area (Å²) in [7, 11) is 0. The van der Waals surface area contributed by atoms with E-state index >= 15 is 0 Å². The standard InChI is InChI=1S/C12H15BrClF/c1-8(5-9(2)13)6-10-3-4-11(15)7-12(10)14/h3-4,7-9H,5-6H2,1-2H3. The first kappa shape index (κ1) is 13.0. The van der Waals surface area contributed by atoms with Crippen molar-refractivity contribution in [1.82, 2.24) is 0 Å². The van der Waals surface area contributed by atoms with E-state index in [0.717, 1.165) is 18.4 Å². The van der Waals surface area contributed by atoms with Crippen molar-refractivity contribution in [1.29, 1.82) is 0 Å². The van der Waals surface area contributed by atoms with Crippen molar-refractivity contribution in [3.63, 3.8) is 0 Å². The van der Waals surface area contributed by atoms with Crippen molar-refractivity contribution >= 4 is 27.5 Å². The Balaban J connectivity index is 2.64. The van der Waals surface area contributed by atoms with Crippen LogP contribution in [0.2, 0.25) is 5.02 Å². The monoisotopic (exact) mass is 292 g/mol. The molecule has 1 aromatic carbocycles. The summed E-state index contributed by atoms with van der Waals surface area (Å²) in [5.41, 5.74) is 1.03. The van der Waals surface area contributed by atoms with Crippen LogP contribution in [0.25, 0.3) is 0 Å². The highest BCUT2D eigenvalue weighted by Crippen LogP contribution is 2.23. The van der Waals surface area contributed by atoms with Crippen LogP contribution in [-0.4, -0.2) is 4.83 Å². The van der Waals surface area contributed by atoms with Crippen molar-refractivity contribution in [2.24, 2.45) is 5.92 Å². The van der Waals surface area contributed by atoms with Gasteiger partial charge in [-0.2, -0.15) is 0 Å². The second-order valence-corrected chi connectivity index (χ2v) is 6.03. The molecule has 0 aromatic heterocycles. The summed E-state index contributed by atoms with van der Waals surface area (Å²) in [5, 5.41) is 0.532. The average Bonchev–Trinajstić information content (AvgIpc) is 2.08. The maximum absolute atomic E-state index is 12.8. The maximum atomic E-state index is 12.8. The molecule has 0 saturated heterocycles. The van der Waals surface area contributed by atoms with Gasteiger partial charge < -0.3 is 0 Å². The first-order chi connectivity index (χ1) is 6.99.